The minimum atomic E-state index is 0.547. The van der Waals surface area contributed by atoms with E-state index in [1.54, 1.807) is 0 Å². The number of hydrogen-bond donors (Lipinski definition) is 0. The third kappa shape index (κ3) is 4.31. The highest BCUT2D eigenvalue weighted by Gasteiger charge is 2.23. The molecule has 0 saturated heterocycles. The van der Waals surface area contributed by atoms with Crippen LogP contribution in [0.25, 0.3) is 105 Å². The third-order valence-electron chi connectivity index (χ3n) is 10.0. The van der Waals surface area contributed by atoms with Crippen LogP contribution < -0.4 is 0 Å². The lowest BCUT2D eigenvalue weighted by molar-refractivity contribution is 0.654. The molecule has 11 aromatic rings. The number of aromatic nitrogens is 5. The van der Waals surface area contributed by atoms with E-state index in [9.17, 15) is 0 Å². The summed E-state index contributed by atoms with van der Waals surface area (Å²) in [7, 11) is 0. The van der Waals surface area contributed by atoms with Crippen molar-refractivity contribution < 1.29 is 4.42 Å². The van der Waals surface area contributed by atoms with Crippen LogP contribution in [0.2, 0.25) is 0 Å². The van der Waals surface area contributed by atoms with Crippen LogP contribution in [0.15, 0.2) is 168 Å². The van der Waals surface area contributed by atoms with Gasteiger partial charge in [0.25, 0.3) is 0 Å². The van der Waals surface area contributed by atoms with E-state index in [1.807, 2.05) is 54.6 Å². The van der Waals surface area contributed by atoms with Crippen LogP contribution in [0.4, 0.5) is 0 Å². The second-order valence-electron chi connectivity index (χ2n) is 13.0. The summed E-state index contributed by atoms with van der Waals surface area (Å²) >= 11 is 0. The fraction of sp³-hybridized carbons (Fsp3) is 0. The van der Waals surface area contributed by atoms with Gasteiger partial charge in [0.2, 0.25) is 11.7 Å². The van der Waals surface area contributed by atoms with Crippen LogP contribution in [0.3, 0.4) is 0 Å². The molecule has 0 amide bonds. The van der Waals surface area contributed by atoms with E-state index in [0.717, 1.165) is 87.9 Å². The molecule has 4 heterocycles. The van der Waals surface area contributed by atoms with Crippen LogP contribution >= 0.6 is 0 Å². The molecule has 0 atom stereocenters. The van der Waals surface area contributed by atoms with Gasteiger partial charge in [-0.15, -0.1) is 0 Å². The molecule has 6 heteroatoms. The van der Waals surface area contributed by atoms with Crippen molar-refractivity contribution in [2.45, 2.75) is 0 Å². The molecule has 0 aliphatic heterocycles. The maximum absolute atomic E-state index is 6.69. The summed E-state index contributed by atoms with van der Waals surface area (Å²) in [5.74, 6) is 1.22. The van der Waals surface area contributed by atoms with Crippen LogP contribution in [0.5, 0.6) is 0 Å². The maximum Gasteiger partial charge on any atom is 0.235 e. The zero-order valence-corrected chi connectivity index (χ0v) is 27.7. The summed E-state index contributed by atoms with van der Waals surface area (Å²) < 4.78 is 8.86. The van der Waals surface area contributed by atoms with Gasteiger partial charge in [-0.3, -0.25) is 4.57 Å². The number of rotatable bonds is 4. The Balaban J connectivity index is 1.24. The lowest BCUT2D eigenvalue weighted by Crippen LogP contribution is -2.03. The van der Waals surface area contributed by atoms with Crippen LogP contribution in [-0.4, -0.2) is 24.5 Å². The number of benzene rings is 7. The lowest BCUT2D eigenvalue weighted by Gasteiger charge is -2.13. The third-order valence-corrected chi connectivity index (χ3v) is 10.0. The van der Waals surface area contributed by atoms with Crippen molar-refractivity contribution in [3.05, 3.63) is 164 Å². The topological polar surface area (TPSA) is 69.6 Å². The van der Waals surface area contributed by atoms with E-state index in [4.69, 9.17) is 24.4 Å². The Morgan fingerprint density at radius 1 is 0.423 bits per heavy atom. The summed E-state index contributed by atoms with van der Waals surface area (Å²) in [5.41, 5.74) is 8.83. The monoisotopic (exact) mass is 665 g/mol. The quantitative estimate of drug-likeness (QED) is 0.175. The van der Waals surface area contributed by atoms with E-state index >= 15 is 0 Å². The Morgan fingerprint density at radius 3 is 1.85 bits per heavy atom. The molecule has 0 saturated carbocycles. The zero-order valence-electron chi connectivity index (χ0n) is 27.7. The first-order chi connectivity index (χ1) is 25.8. The van der Waals surface area contributed by atoms with E-state index in [-0.39, 0.29) is 0 Å². The van der Waals surface area contributed by atoms with Gasteiger partial charge >= 0.3 is 0 Å². The molecular weight excluding hydrogens is 639 g/mol. The smallest absolute Gasteiger partial charge is 0.235 e. The number of para-hydroxylation sites is 1. The molecule has 4 aromatic heterocycles. The van der Waals surface area contributed by atoms with Gasteiger partial charge in [0.05, 0.1) is 33.3 Å². The first-order valence-electron chi connectivity index (χ1n) is 17.3. The van der Waals surface area contributed by atoms with Crippen molar-refractivity contribution in [2.24, 2.45) is 0 Å². The Hall–Kier alpha value is -7.18. The van der Waals surface area contributed by atoms with E-state index in [1.165, 1.54) is 0 Å². The van der Waals surface area contributed by atoms with Crippen LogP contribution in [0, 0.1) is 0 Å². The van der Waals surface area contributed by atoms with Crippen molar-refractivity contribution >= 4 is 65.6 Å². The van der Waals surface area contributed by atoms with Gasteiger partial charge in [-0.2, -0.15) is 4.98 Å². The summed E-state index contributed by atoms with van der Waals surface area (Å²) in [4.78, 5) is 20.8. The van der Waals surface area contributed by atoms with Crippen LogP contribution in [0.1, 0.15) is 0 Å². The predicted molar refractivity (Wildman–Crippen MR) is 211 cm³/mol. The molecular formula is C46H27N5O. The maximum atomic E-state index is 6.69. The molecule has 0 spiro atoms. The first kappa shape index (κ1) is 28.6. The molecule has 7 aromatic carbocycles. The molecule has 0 radical (unpaired) electrons. The summed E-state index contributed by atoms with van der Waals surface area (Å²) in [6.45, 7) is 0. The highest BCUT2D eigenvalue weighted by atomic mass is 16.3. The molecule has 11 rings (SSSR count). The summed E-state index contributed by atoms with van der Waals surface area (Å²) in [5, 5.41) is 7.24. The predicted octanol–water partition coefficient (Wildman–Crippen LogP) is 11.6. The molecule has 242 valence electrons. The molecule has 0 fully saturated rings. The highest BCUT2D eigenvalue weighted by Crippen LogP contribution is 2.41. The van der Waals surface area contributed by atoms with Gasteiger partial charge in [0, 0.05) is 49.7 Å². The average molecular weight is 666 g/mol. The Bertz CT molecular complexity index is 3170. The second-order valence-corrected chi connectivity index (χ2v) is 13.0. The normalized spacial score (nSPS) is 11.8. The van der Waals surface area contributed by atoms with E-state index in [0.29, 0.717) is 17.5 Å². The Kier molecular flexibility index (Phi) is 6.15. The van der Waals surface area contributed by atoms with Gasteiger partial charge in [0.1, 0.15) is 5.58 Å². The molecule has 52 heavy (non-hydrogen) atoms. The van der Waals surface area contributed by atoms with Gasteiger partial charge in [-0.25, -0.2) is 15.0 Å². The van der Waals surface area contributed by atoms with Crippen molar-refractivity contribution in [2.75, 3.05) is 0 Å². The zero-order chi connectivity index (χ0) is 34.2. The minimum Gasteiger partial charge on any atom is -0.437 e. The van der Waals surface area contributed by atoms with Gasteiger partial charge in [-0.05, 0) is 23.6 Å². The average Bonchev–Trinajstić information content (AvgIpc) is 3.74. The number of furan rings is 1. The number of fused-ring (bicyclic) bond motifs is 9. The van der Waals surface area contributed by atoms with Crippen molar-refractivity contribution in [1.29, 1.82) is 0 Å². The minimum absolute atomic E-state index is 0.547. The Morgan fingerprint density at radius 2 is 1.08 bits per heavy atom. The highest BCUT2D eigenvalue weighted by molar-refractivity contribution is 6.19. The second kappa shape index (κ2) is 11.2. The molecule has 0 bridgehead atoms. The summed E-state index contributed by atoms with van der Waals surface area (Å²) in [6.07, 6.45) is 0. The van der Waals surface area contributed by atoms with E-state index < -0.39 is 0 Å². The standard InChI is InChI=1S/C46H27N5O/c1-4-15-29(16-5-1)41-34-25-24-28-14-10-11-21-32(28)43(34)49-46(48-41)51-37-23-13-12-22-33(37)35-26-36-39(27-38(35)51)52-45-40(36)42(30-17-6-2-7-18-30)47-44(50-45)31-19-8-3-9-20-31/h1-27H. The lowest BCUT2D eigenvalue weighted by atomic mass is 10.0. The van der Waals surface area contributed by atoms with Crippen molar-refractivity contribution in [1.82, 2.24) is 24.5 Å². The molecule has 6 nitrogen and oxygen atoms in total. The number of hydrogen-bond acceptors (Lipinski definition) is 5. The largest absolute Gasteiger partial charge is 0.437 e. The van der Waals surface area contributed by atoms with Gasteiger partial charge in [0.15, 0.2) is 5.82 Å². The van der Waals surface area contributed by atoms with Crippen LogP contribution in [-0.2, 0) is 0 Å². The SMILES string of the molecule is c1ccc(-c2nc(-c3ccccc3)c3c(n2)oc2cc4c(cc23)c2ccccc2n4-c2nc(-c3ccccc3)c3ccc4ccccc4c3n2)cc1. The van der Waals surface area contributed by atoms with E-state index in [2.05, 4.69) is 114 Å². The molecule has 0 N–H and O–H groups in total. The van der Waals surface area contributed by atoms with Crippen molar-refractivity contribution in [3.8, 4) is 39.9 Å². The fourth-order valence-corrected chi connectivity index (χ4v) is 7.64. The van der Waals surface area contributed by atoms with Gasteiger partial charge in [-0.1, -0.05) is 140 Å². The Labute approximate surface area is 297 Å². The van der Waals surface area contributed by atoms with Gasteiger partial charge < -0.3 is 4.42 Å². The molecule has 0 aliphatic rings. The first-order valence-corrected chi connectivity index (χ1v) is 17.3. The molecule has 0 aliphatic carbocycles. The summed E-state index contributed by atoms with van der Waals surface area (Å²) in [6, 6.07) is 56.2. The molecule has 0 unspecified atom stereocenters. The van der Waals surface area contributed by atoms with Crippen molar-refractivity contribution in [3.63, 3.8) is 0 Å². The fourth-order valence-electron chi connectivity index (χ4n) is 7.64. The number of nitrogens with zero attached hydrogens (tertiary/aromatic N) is 5.